The lowest BCUT2D eigenvalue weighted by molar-refractivity contribution is 0.317. The van der Waals surface area contributed by atoms with Gasteiger partial charge in [0.05, 0.1) is 6.61 Å². The monoisotopic (exact) mass is 289 g/mol. The molecule has 0 fully saturated rings. The minimum atomic E-state index is 0.359. The summed E-state index contributed by atoms with van der Waals surface area (Å²) < 4.78 is 5.71. The smallest absolute Gasteiger partial charge is 0.119 e. The highest BCUT2D eigenvalue weighted by molar-refractivity contribution is 7.10. The van der Waals surface area contributed by atoms with Crippen LogP contribution in [0.4, 0.5) is 0 Å². The Bertz CT molecular complexity index is 535. The van der Waals surface area contributed by atoms with E-state index in [0.29, 0.717) is 12.5 Å². The molecule has 1 atom stereocenters. The highest BCUT2D eigenvalue weighted by Gasteiger charge is 2.13. The number of hydrogen-bond acceptors (Lipinski definition) is 3. The maximum Gasteiger partial charge on any atom is 0.119 e. The first-order chi connectivity index (χ1) is 9.74. The van der Waals surface area contributed by atoms with Gasteiger partial charge < -0.3 is 10.5 Å². The summed E-state index contributed by atoms with van der Waals surface area (Å²) in [6, 6.07) is 10.5. The SMILES string of the molecule is CCCOc1cccc(C(CN)Cc2sccc2C)c1. The number of hydrogen-bond donors (Lipinski definition) is 1. The molecular formula is C17H23NOS. The van der Waals surface area contributed by atoms with E-state index in [1.807, 2.05) is 17.4 Å². The molecule has 0 aliphatic carbocycles. The highest BCUT2D eigenvalue weighted by atomic mass is 32.1. The molecular weight excluding hydrogens is 266 g/mol. The molecule has 0 aliphatic rings. The first-order valence-electron chi connectivity index (χ1n) is 7.20. The van der Waals surface area contributed by atoms with Gasteiger partial charge in [-0.05, 0) is 61.0 Å². The van der Waals surface area contributed by atoms with Gasteiger partial charge in [-0.2, -0.15) is 0 Å². The second-order valence-electron chi connectivity index (χ2n) is 5.08. The molecule has 0 saturated carbocycles. The van der Waals surface area contributed by atoms with Crippen LogP contribution in [0.2, 0.25) is 0 Å². The molecule has 2 rings (SSSR count). The van der Waals surface area contributed by atoms with Crippen molar-refractivity contribution in [2.75, 3.05) is 13.2 Å². The van der Waals surface area contributed by atoms with E-state index in [9.17, 15) is 0 Å². The highest BCUT2D eigenvalue weighted by Crippen LogP contribution is 2.27. The number of nitrogens with two attached hydrogens (primary N) is 1. The van der Waals surface area contributed by atoms with E-state index in [4.69, 9.17) is 10.5 Å². The minimum Gasteiger partial charge on any atom is -0.494 e. The van der Waals surface area contributed by atoms with E-state index in [-0.39, 0.29) is 0 Å². The van der Waals surface area contributed by atoms with E-state index in [2.05, 4.69) is 43.5 Å². The second-order valence-corrected chi connectivity index (χ2v) is 6.09. The fraction of sp³-hybridized carbons (Fsp3) is 0.412. The summed E-state index contributed by atoms with van der Waals surface area (Å²) in [5.41, 5.74) is 8.63. The van der Waals surface area contributed by atoms with E-state index in [1.165, 1.54) is 16.0 Å². The van der Waals surface area contributed by atoms with Crippen molar-refractivity contribution in [1.82, 2.24) is 0 Å². The van der Waals surface area contributed by atoms with Crippen molar-refractivity contribution in [2.24, 2.45) is 5.73 Å². The van der Waals surface area contributed by atoms with Crippen molar-refractivity contribution >= 4 is 11.3 Å². The maximum atomic E-state index is 5.99. The quantitative estimate of drug-likeness (QED) is 0.831. The Morgan fingerprint density at radius 3 is 2.80 bits per heavy atom. The summed E-state index contributed by atoms with van der Waals surface area (Å²) >= 11 is 1.82. The molecule has 20 heavy (non-hydrogen) atoms. The van der Waals surface area contributed by atoms with Crippen LogP contribution in [0.25, 0.3) is 0 Å². The van der Waals surface area contributed by atoms with Crippen LogP contribution in [0.3, 0.4) is 0 Å². The molecule has 0 radical (unpaired) electrons. The average molecular weight is 289 g/mol. The van der Waals surface area contributed by atoms with Crippen LogP contribution < -0.4 is 10.5 Å². The Hall–Kier alpha value is -1.32. The zero-order valence-corrected chi connectivity index (χ0v) is 13.1. The van der Waals surface area contributed by atoms with Gasteiger partial charge >= 0.3 is 0 Å². The molecule has 3 heteroatoms. The van der Waals surface area contributed by atoms with Crippen LogP contribution in [0.5, 0.6) is 5.75 Å². The van der Waals surface area contributed by atoms with Crippen LogP contribution in [-0.4, -0.2) is 13.2 Å². The van der Waals surface area contributed by atoms with Gasteiger partial charge in [-0.25, -0.2) is 0 Å². The summed E-state index contributed by atoms with van der Waals surface area (Å²) in [7, 11) is 0. The number of thiophene rings is 1. The zero-order valence-electron chi connectivity index (χ0n) is 12.3. The van der Waals surface area contributed by atoms with Gasteiger partial charge in [-0.15, -0.1) is 11.3 Å². The summed E-state index contributed by atoms with van der Waals surface area (Å²) in [6.45, 7) is 5.71. The fourth-order valence-electron chi connectivity index (χ4n) is 2.25. The third-order valence-electron chi connectivity index (χ3n) is 3.49. The van der Waals surface area contributed by atoms with Gasteiger partial charge in [-0.1, -0.05) is 19.1 Å². The maximum absolute atomic E-state index is 5.99. The van der Waals surface area contributed by atoms with Gasteiger partial charge in [0.2, 0.25) is 0 Å². The first-order valence-corrected chi connectivity index (χ1v) is 8.08. The zero-order chi connectivity index (χ0) is 14.4. The second kappa shape index (κ2) is 7.46. The molecule has 1 heterocycles. The summed E-state index contributed by atoms with van der Waals surface area (Å²) in [4.78, 5) is 1.43. The Morgan fingerprint density at radius 1 is 1.30 bits per heavy atom. The predicted molar refractivity (Wildman–Crippen MR) is 86.8 cm³/mol. The van der Waals surface area contributed by atoms with Crippen molar-refractivity contribution < 1.29 is 4.74 Å². The topological polar surface area (TPSA) is 35.2 Å². The Labute approximate surface area is 125 Å². The molecule has 2 aromatic rings. The fourth-order valence-corrected chi connectivity index (χ4v) is 3.24. The first kappa shape index (κ1) is 15.1. The summed E-state index contributed by atoms with van der Waals surface area (Å²) in [6.07, 6.45) is 2.04. The van der Waals surface area contributed by atoms with Gasteiger partial charge in [0.25, 0.3) is 0 Å². The third-order valence-corrected chi connectivity index (χ3v) is 4.53. The molecule has 108 valence electrons. The number of ether oxygens (including phenoxy) is 1. The van der Waals surface area contributed by atoms with Crippen LogP contribution in [0, 0.1) is 6.92 Å². The molecule has 0 amide bonds. The van der Waals surface area contributed by atoms with Crippen molar-refractivity contribution in [3.05, 3.63) is 51.7 Å². The average Bonchev–Trinajstić information content (AvgIpc) is 2.88. The van der Waals surface area contributed by atoms with Crippen molar-refractivity contribution in [3.63, 3.8) is 0 Å². The Balaban J connectivity index is 2.12. The lowest BCUT2D eigenvalue weighted by Gasteiger charge is -2.16. The largest absolute Gasteiger partial charge is 0.494 e. The minimum absolute atomic E-state index is 0.359. The molecule has 0 aliphatic heterocycles. The third kappa shape index (κ3) is 3.84. The number of rotatable bonds is 7. The van der Waals surface area contributed by atoms with Crippen LogP contribution in [0.1, 0.15) is 35.3 Å². The van der Waals surface area contributed by atoms with Crippen LogP contribution >= 0.6 is 11.3 Å². The predicted octanol–water partition coefficient (Wildman–Crippen LogP) is 4.13. The van der Waals surface area contributed by atoms with Gasteiger partial charge in [0.1, 0.15) is 5.75 Å². The van der Waals surface area contributed by atoms with Crippen molar-refractivity contribution in [2.45, 2.75) is 32.6 Å². The normalized spacial score (nSPS) is 12.3. The van der Waals surface area contributed by atoms with Gasteiger partial charge in [0, 0.05) is 10.8 Å². The number of aryl methyl sites for hydroxylation is 1. The summed E-state index contributed by atoms with van der Waals surface area (Å²) in [5, 5.41) is 2.15. The van der Waals surface area contributed by atoms with E-state index >= 15 is 0 Å². The Kier molecular flexibility index (Phi) is 5.62. The Morgan fingerprint density at radius 2 is 2.15 bits per heavy atom. The molecule has 0 spiro atoms. The van der Waals surface area contributed by atoms with Gasteiger partial charge in [-0.3, -0.25) is 0 Å². The van der Waals surface area contributed by atoms with Crippen LogP contribution in [-0.2, 0) is 6.42 Å². The van der Waals surface area contributed by atoms with E-state index in [1.54, 1.807) is 0 Å². The number of benzene rings is 1. The van der Waals surface area contributed by atoms with Gasteiger partial charge in [0.15, 0.2) is 0 Å². The van der Waals surface area contributed by atoms with Crippen molar-refractivity contribution in [1.29, 1.82) is 0 Å². The van der Waals surface area contributed by atoms with Crippen LogP contribution in [0.15, 0.2) is 35.7 Å². The molecule has 0 saturated heterocycles. The lowest BCUT2D eigenvalue weighted by atomic mass is 9.94. The lowest BCUT2D eigenvalue weighted by Crippen LogP contribution is -2.15. The standard InChI is InChI=1S/C17H23NOS/c1-3-8-19-16-6-4-5-14(10-16)15(12-18)11-17-13(2)7-9-20-17/h4-7,9-10,15H,3,8,11-12,18H2,1-2H3. The van der Waals surface area contributed by atoms with E-state index in [0.717, 1.165) is 25.2 Å². The summed E-state index contributed by atoms with van der Waals surface area (Å²) in [5.74, 6) is 1.31. The molecule has 2 N–H and O–H groups in total. The molecule has 1 aromatic carbocycles. The molecule has 2 nitrogen and oxygen atoms in total. The molecule has 1 unspecified atom stereocenters. The van der Waals surface area contributed by atoms with E-state index < -0.39 is 0 Å². The molecule has 0 bridgehead atoms. The van der Waals surface area contributed by atoms with Crippen molar-refractivity contribution in [3.8, 4) is 5.75 Å². The molecule has 1 aromatic heterocycles.